The standard InChI is InChI=1S/C10H13NS/c1-7(2)6-8-4-3-5-9(11)10(8)12/h3-6,12H,11H2,1-2H3. The summed E-state index contributed by atoms with van der Waals surface area (Å²) >= 11 is 4.32. The number of benzene rings is 1. The van der Waals surface area contributed by atoms with Crippen LogP contribution in [-0.4, -0.2) is 0 Å². The summed E-state index contributed by atoms with van der Waals surface area (Å²) in [7, 11) is 0. The van der Waals surface area contributed by atoms with E-state index in [4.69, 9.17) is 5.73 Å². The molecule has 2 heteroatoms. The Bertz CT molecular complexity index is 312. The van der Waals surface area contributed by atoms with Gasteiger partial charge in [-0.25, -0.2) is 0 Å². The van der Waals surface area contributed by atoms with Crippen molar-refractivity contribution in [1.82, 2.24) is 0 Å². The molecule has 0 bridgehead atoms. The Hall–Kier alpha value is -0.890. The fraction of sp³-hybridized carbons (Fsp3) is 0.200. The van der Waals surface area contributed by atoms with Crippen LogP contribution in [0, 0.1) is 0 Å². The molecule has 12 heavy (non-hydrogen) atoms. The molecule has 0 aromatic heterocycles. The Morgan fingerprint density at radius 3 is 2.67 bits per heavy atom. The number of hydrogen-bond donors (Lipinski definition) is 2. The van der Waals surface area contributed by atoms with Crippen molar-refractivity contribution in [2.75, 3.05) is 5.73 Å². The second-order valence-electron chi connectivity index (χ2n) is 3.01. The molecule has 0 saturated carbocycles. The molecule has 1 aromatic carbocycles. The molecule has 1 aromatic rings. The highest BCUT2D eigenvalue weighted by molar-refractivity contribution is 7.80. The van der Waals surface area contributed by atoms with Gasteiger partial charge >= 0.3 is 0 Å². The Morgan fingerprint density at radius 1 is 1.42 bits per heavy atom. The maximum absolute atomic E-state index is 5.69. The van der Waals surface area contributed by atoms with E-state index in [9.17, 15) is 0 Å². The van der Waals surface area contributed by atoms with Crippen molar-refractivity contribution in [3.8, 4) is 0 Å². The van der Waals surface area contributed by atoms with Crippen LogP contribution in [0.1, 0.15) is 19.4 Å². The van der Waals surface area contributed by atoms with Crippen LogP contribution in [0.2, 0.25) is 0 Å². The molecule has 64 valence electrons. The fourth-order valence-corrected chi connectivity index (χ4v) is 1.22. The molecule has 0 radical (unpaired) electrons. The third-order valence-corrected chi connectivity index (χ3v) is 2.06. The van der Waals surface area contributed by atoms with Gasteiger partial charge in [-0.15, -0.1) is 12.6 Å². The Kier molecular flexibility index (Phi) is 2.82. The molecule has 0 heterocycles. The SMILES string of the molecule is CC(C)=Cc1cccc(N)c1S. The van der Waals surface area contributed by atoms with E-state index in [0.29, 0.717) is 0 Å². The zero-order valence-corrected chi connectivity index (χ0v) is 8.23. The van der Waals surface area contributed by atoms with Crippen molar-refractivity contribution in [3.63, 3.8) is 0 Å². The van der Waals surface area contributed by atoms with Crippen LogP contribution < -0.4 is 5.73 Å². The molecule has 0 amide bonds. The Labute approximate surface area is 78.7 Å². The molecular formula is C10H13NS. The summed E-state index contributed by atoms with van der Waals surface area (Å²) in [4.78, 5) is 0.860. The number of nitrogen functional groups attached to an aromatic ring is 1. The van der Waals surface area contributed by atoms with Gasteiger partial charge in [-0.2, -0.15) is 0 Å². The quantitative estimate of drug-likeness (QED) is 0.503. The highest BCUT2D eigenvalue weighted by Crippen LogP contribution is 2.22. The van der Waals surface area contributed by atoms with E-state index in [1.54, 1.807) is 0 Å². The molecular weight excluding hydrogens is 166 g/mol. The van der Waals surface area contributed by atoms with E-state index < -0.39 is 0 Å². The van der Waals surface area contributed by atoms with Gasteiger partial charge in [0.05, 0.1) is 0 Å². The van der Waals surface area contributed by atoms with Gasteiger partial charge in [-0.05, 0) is 25.5 Å². The second-order valence-corrected chi connectivity index (χ2v) is 3.45. The van der Waals surface area contributed by atoms with Gasteiger partial charge in [-0.3, -0.25) is 0 Å². The highest BCUT2D eigenvalue weighted by Gasteiger charge is 1.97. The zero-order valence-electron chi connectivity index (χ0n) is 7.33. The maximum Gasteiger partial charge on any atom is 0.0455 e. The van der Waals surface area contributed by atoms with Crippen LogP contribution in [0.3, 0.4) is 0 Å². The van der Waals surface area contributed by atoms with Crippen LogP contribution in [0.15, 0.2) is 28.7 Å². The van der Waals surface area contributed by atoms with Crippen LogP contribution in [-0.2, 0) is 0 Å². The van der Waals surface area contributed by atoms with Gasteiger partial charge in [0, 0.05) is 10.6 Å². The molecule has 0 unspecified atom stereocenters. The van der Waals surface area contributed by atoms with Crippen molar-refractivity contribution in [3.05, 3.63) is 29.3 Å². The van der Waals surface area contributed by atoms with Gasteiger partial charge in [0.2, 0.25) is 0 Å². The van der Waals surface area contributed by atoms with E-state index in [1.165, 1.54) is 5.57 Å². The van der Waals surface area contributed by atoms with Crippen LogP contribution in [0.5, 0.6) is 0 Å². The number of allylic oxidation sites excluding steroid dienone is 1. The second kappa shape index (κ2) is 3.68. The average Bonchev–Trinajstić information content (AvgIpc) is 1.98. The summed E-state index contributed by atoms with van der Waals surface area (Å²) in [6.45, 7) is 4.10. The molecule has 0 fully saturated rings. The lowest BCUT2D eigenvalue weighted by Gasteiger charge is -2.02. The normalized spacial score (nSPS) is 9.58. The molecule has 1 rings (SSSR count). The van der Waals surface area contributed by atoms with Gasteiger partial charge in [-0.1, -0.05) is 23.8 Å². The monoisotopic (exact) mass is 179 g/mol. The minimum absolute atomic E-state index is 0.730. The first-order valence-electron chi connectivity index (χ1n) is 3.83. The minimum atomic E-state index is 0.730. The summed E-state index contributed by atoms with van der Waals surface area (Å²) in [6, 6.07) is 5.79. The minimum Gasteiger partial charge on any atom is -0.398 e. The maximum atomic E-state index is 5.69. The van der Waals surface area contributed by atoms with E-state index in [0.717, 1.165) is 16.1 Å². The molecule has 1 nitrogen and oxygen atoms in total. The molecule has 0 saturated heterocycles. The van der Waals surface area contributed by atoms with E-state index in [-0.39, 0.29) is 0 Å². The Balaban J connectivity index is 3.17. The van der Waals surface area contributed by atoms with Crippen molar-refractivity contribution in [2.24, 2.45) is 0 Å². The van der Waals surface area contributed by atoms with Crippen molar-refractivity contribution in [2.45, 2.75) is 18.7 Å². The Morgan fingerprint density at radius 2 is 2.08 bits per heavy atom. The van der Waals surface area contributed by atoms with Gasteiger partial charge in [0.15, 0.2) is 0 Å². The summed E-state index contributed by atoms with van der Waals surface area (Å²) in [5.41, 5.74) is 8.75. The van der Waals surface area contributed by atoms with Crippen LogP contribution in [0.25, 0.3) is 6.08 Å². The number of hydrogen-bond acceptors (Lipinski definition) is 2. The van der Waals surface area contributed by atoms with Gasteiger partial charge in [0.25, 0.3) is 0 Å². The van der Waals surface area contributed by atoms with E-state index in [2.05, 4.69) is 32.6 Å². The van der Waals surface area contributed by atoms with E-state index >= 15 is 0 Å². The number of anilines is 1. The smallest absolute Gasteiger partial charge is 0.0455 e. The first-order valence-corrected chi connectivity index (χ1v) is 4.28. The third kappa shape index (κ3) is 2.05. The molecule has 0 aliphatic carbocycles. The molecule has 0 atom stereocenters. The topological polar surface area (TPSA) is 26.0 Å². The van der Waals surface area contributed by atoms with Crippen molar-refractivity contribution < 1.29 is 0 Å². The average molecular weight is 179 g/mol. The van der Waals surface area contributed by atoms with E-state index in [1.807, 2.05) is 18.2 Å². The number of nitrogens with two attached hydrogens (primary N) is 1. The predicted molar refractivity (Wildman–Crippen MR) is 57.4 cm³/mol. The molecule has 0 aliphatic heterocycles. The predicted octanol–water partition coefficient (Wildman–Crippen LogP) is 2.98. The summed E-state index contributed by atoms with van der Waals surface area (Å²) in [5, 5.41) is 0. The fourth-order valence-electron chi connectivity index (χ4n) is 1.01. The summed E-state index contributed by atoms with van der Waals surface area (Å²) in [6.07, 6.45) is 2.07. The van der Waals surface area contributed by atoms with Crippen LogP contribution in [0.4, 0.5) is 5.69 Å². The summed E-state index contributed by atoms with van der Waals surface area (Å²) < 4.78 is 0. The largest absolute Gasteiger partial charge is 0.398 e. The summed E-state index contributed by atoms with van der Waals surface area (Å²) in [5.74, 6) is 0. The van der Waals surface area contributed by atoms with Crippen molar-refractivity contribution >= 4 is 24.4 Å². The first kappa shape index (κ1) is 9.20. The molecule has 0 aliphatic rings. The number of rotatable bonds is 1. The van der Waals surface area contributed by atoms with Crippen molar-refractivity contribution in [1.29, 1.82) is 0 Å². The number of thiol groups is 1. The molecule has 2 N–H and O–H groups in total. The lowest BCUT2D eigenvalue weighted by molar-refractivity contribution is 1.38. The first-order chi connectivity index (χ1) is 5.61. The lowest BCUT2D eigenvalue weighted by atomic mass is 10.1. The third-order valence-electron chi connectivity index (χ3n) is 1.54. The van der Waals surface area contributed by atoms with Crippen LogP contribution >= 0.6 is 12.6 Å². The lowest BCUT2D eigenvalue weighted by Crippen LogP contribution is -1.88. The highest BCUT2D eigenvalue weighted by atomic mass is 32.1. The molecule has 0 spiro atoms. The van der Waals surface area contributed by atoms with Gasteiger partial charge < -0.3 is 5.73 Å². The zero-order chi connectivity index (χ0) is 9.14. The van der Waals surface area contributed by atoms with Gasteiger partial charge in [0.1, 0.15) is 0 Å².